The molecule has 0 N–H and O–H groups in total. The molecule has 3 aromatic carbocycles. The van der Waals surface area contributed by atoms with E-state index in [9.17, 15) is 0 Å². The zero-order valence-electron chi connectivity index (χ0n) is 16.1. The SMILES string of the molecule is CC1(C)OB(c2cc3ccccc3c3ccc4ccncc4c23)OC1(C)C. The standard InChI is InChI=1S/C23H22BNO2/c1-22(2)23(3,4)27-24(26-22)20-13-16-7-5-6-8-17(16)18-10-9-15-11-12-25-14-19(15)21(18)20/h5-14H,1-4H3. The van der Waals surface area contributed by atoms with Gasteiger partial charge in [-0.2, -0.15) is 0 Å². The second-order valence-corrected chi connectivity index (χ2v) is 8.36. The Morgan fingerprint density at radius 1 is 0.778 bits per heavy atom. The molecule has 1 aliphatic rings. The third-order valence-electron chi connectivity index (χ3n) is 6.18. The van der Waals surface area contributed by atoms with E-state index < -0.39 is 7.12 Å². The van der Waals surface area contributed by atoms with Gasteiger partial charge in [-0.1, -0.05) is 42.5 Å². The molecule has 0 aliphatic carbocycles. The van der Waals surface area contributed by atoms with Crippen LogP contribution in [0.5, 0.6) is 0 Å². The zero-order chi connectivity index (χ0) is 18.8. The van der Waals surface area contributed by atoms with Gasteiger partial charge in [-0.05, 0) is 66.2 Å². The highest BCUT2D eigenvalue weighted by Gasteiger charge is 2.52. The first-order valence-corrected chi connectivity index (χ1v) is 9.41. The van der Waals surface area contributed by atoms with Crippen LogP contribution >= 0.6 is 0 Å². The number of pyridine rings is 1. The average molecular weight is 355 g/mol. The van der Waals surface area contributed by atoms with Crippen LogP contribution in [0.3, 0.4) is 0 Å². The Morgan fingerprint density at radius 3 is 2.30 bits per heavy atom. The lowest BCUT2D eigenvalue weighted by Gasteiger charge is -2.32. The smallest absolute Gasteiger partial charge is 0.399 e. The third kappa shape index (κ3) is 2.40. The highest BCUT2D eigenvalue weighted by molar-refractivity contribution is 6.66. The lowest BCUT2D eigenvalue weighted by atomic mass is 9.74. The van der Waals surface area contributed by atoms with Crippen molar-refractivity contribution in [3.8, 4) is 0 Å². The van der Waals surface area contributed by atoms with E-state index in [0.29, 0.717) is 0 Å². The molecule has 1 aliphatic heterocycles. The number of hydrogen-bond donors (Lipinski definition) is 0. The van der Waals surface area contributed by atoms with Gasteiger partial charge in [-0.25, -0.2) is 0 Å². The van der Waals surface area contributed by atoms with E-state index in [4.69, 9.17) is 9.31 Å². The van der Waals surface area contributed by atoms with Gasteiger partial charge < -0.3 is 9.31 Å². The molecule has 1 aromatic heterocycles. The first-order chi connectivity index (χ1) is 12.9. The molecule has 0 radical (unpaired) electrons. The summed E-state index contributed by atoms with van der Waals surface area (Å²) in [6.45, 7) is 8.37. The number of benzene rings is 3. The van der Waals surface area contributed by atoms with E-state index in [1.807, 2.05) is 12.4 Å². The van der Waals surface area contributed by atoms with E-state index in [1.165, 1.54) is 21.5 Å². The fourth-order valence-electron chi connectivity index (χ4n) is 3.96. The predicted molar refractivity (Wildman–Crippen MR) is 112 cm³/mol. The molecule has 3 nitrogen and oxygen atoms in total. The van der Waals surface area contributed by atoms with Crippen LogP contribution in [0.1, 0.15) is 27.7 Å². The minimum atomic E-state index is -0.409. The summed E-state index contributed by atoms with van der Waals surface area (Å²) in [5.74, 6) is 0. The van der Waals surface area contributed by atoms with Crippen molar-refractivity contribution >= 4 is 44.9 Å². The predicted octanol–water partition coefficient (Wildman–Crippen LogP) is 4.84. The van der Waals surface area contributed by atoms with Gasteiger partial charge in [0.1, 0.15) is 0 Å². The summed E-state index contributed by atoms with van der Waals surface area (Å²) < 4.78 is 12.8. The van der Waals surface area contributed by atoms with Crippen LogP contribution in [0.2, 0.25) is 0 Å². The normalized spacial score (nSPS) is 18.6. The molecule has 1 fully saturated rings. The van der Waals surface area contributed by atoms with Crippen LogP contribution in [0.25, 0.3) is 32.3 Å². The molecule has 4 aromatic rings. The monoisotopic (exact) mass is 355 g/mol. The van der Waals surface area contributed by atoms with E-state index in [-0.39, 0.29) is 11.2 Å². The average Bonchev–Trinajstić information content (AvgIpc) is 2.88. The highest BCUT2D eigenvalue weighted by Crippen LogP contribution is 2.38. The maximum Gasteiger partial charge on any atom is 0.495 e. The fourth-order valence-corrected chi connectivity index (χ4v) is 3.96. The minimum absolute atomic E-state index is 0.377. The lowest BCUT2D eigenvalue weighted by molar-refractivity contribution is 0.00578. The van der Waals surface area contributed by atoms with Gasteiger partial charge in [-0.3, -0.25) is 4.98 Å². The van der Waals surface area contributed by atoms with Crippen molar-refractivity contribution in [3.63, 3.8) is 0 Å². The number of fused-ring (bicyclic) bond motifs is 5. The highest BCUT2D eigenvalue weighted by atomic mass is 16.7. The molecule has 5 rings (SSSR count). The van der Waals surface area contributed by atoms with Crippen molar-refractivity contribution in [2.75, 3.05) is 0 Å². The Bertz CT molecular complexity index is 1180. The van der Waals surface area contributed by atoms with E-state index in [0.717, 1.165) is 16.2 Å². The molecule has 0 atom stereocenters. The van der Waals surface area contributed by atoms with Crippen molar-refractivity contribution < 1.29 is 9.31 Å². The quantitative estimate of drug-likeness (QED) is 0.362. The van der Waals surface area contributed by atoms with Gasteiger partial charge in [0.15, 0.2) is 0 Å². The first kappa shape index (κ1) is 16.7. The second kappa shape index (κ2) is 5.54. The number of hydrogen-bond acceptors (Lipinski definition) is 3. The zero-order valence-corrected chi connectivity index (χ0v) is 16.1. The minimum Gasteiger partial charge on any atom is -0.399 e. The number of aromatic nitrogens is 1. The number of rotatable bonds is 1. The molecule has 134 valence electrons. The molecule has 4 heteroatoms. The Balaban J connectivity index is 1.89. The summed E-state index contributed by atoms with van der Waals surface area (Å²) in [7, 11) is -0.409. The Labute approximate surface area is 159 Å². The molecular formula is C23H22BNO2. The molecule has 27 heavy (non-hydrogen) atoms. The third-order valence-corrected chi connectivity index (χ3v) is 6.18. The van der Waals surface area contributed by atoms with E-state index in [1.54, 1.807) is 0 Å². The van der Waals surface area contributed by atoms with Gasteiger partial charge in [-0.15, -0.1) is 0 Å². The first-order valence-electron chi connectivity index (χ1n) is 9.41. The summed E-state index contributed by atoms with van der Waals surface area (Å²) >= 11 is 0. The molecular weight excluding hydrogens is 333 g/mol. The van der Waals surface area contributed by atoms with Crippen molar-refractivity contribution in [1.82, 2.24) is 4.98 Å². The van der Waals surface area contributed by atoms with Gasteiger partial charge in [0, 0.05) is 17.8 Å². The van der Waals surface area contributed by atoms with E-state index >= 15 is 0 Å². The van der Waals surface area contributed by atoms with Crippen LogP contribution in [-0.4, -0.2) is 23.3 Å². The molecule has 0 unspecified atom stereocenters. The lowest BCUT2D eigenvalue weighted by Crippen LogP contribution is -2.41. The molecule has 0 saturated carbocycles. The summed E-state index contributed by atoms with van der Waals surface area (Å²) in [4.78, 5) is 4.39. The van der Waals surface area contributed by atoms with Gasteiger partial charge in [0.25, 0.3) is 0 Å². The summed E-state index contributed by atoms with van der Waals surface area (Å²) in [6, 6.07) is 17.1. The fraction of sp³-hybridized carbons (Fsp3) is 0.261. The Kier molecular flexibility index (Phi) is 3.43. The van der Waals surface area contributed by atoms with Crippen LogP contribution in [0, 0.1) is 0 Å². The number of nitrogens with zero attached hydrogens (tertiary/aromatic N) is 1. The van der Waals surface area contributed by atoms with Crippen LogP contribution in [0.4, 0.5) is 0 Å². The van der Waals surface area contributed by atoms with Gasteiger partial charge in [0.2, 0.25) is 0 Å². The van der Waals surface area contributed by atoms with Gasteiger partial charge >= 0.3 is 7.12 Å². The van der Waals surface area contributed by atoms with Crippen LogP contribution < -0.4 is 5.46 Å². The maximum absolute atomic E-state index is 6.41. The maximum atomic E-state index is 6.41. The molecule has 0 amide bonds. The van der Waals surface area contributed by atoms with Crippen LogP contribution in [-0.2, 0) is 9.31 Å². The van der Waals surface area contributed by atoms with Crippen LogP contribution in [0.15, 0.2) is 60.9 Å². The van der Waals surface area contributed by atoms with E-state index in [2.05, 4.69) is 81.2 Å². The van der Waals surface area contributed by atoms with Gasteiger partial charge in [0.05, 0.1) is 11.2 Å². The topological polar surface area (TPSA) is 31.4 Å². The van der Waals surface area contributed by atoms with Crippen molar-refractivity contribution in [2.24, 2.45) is 0 Å². The van der Waals surface area contributed by atoms with Crippen molar-refractivity contribution in [1.29, 1.82) is 0 Å². The molecule has 1 saturated heterocycles. The Morgan fingerprint density at radius 2 is 1.52 bits per heavy atom. The molecule has 0 spiro atoms. The summed E-state index contributed by atoms with van der Waals surface area (Å²) in [6.07, 6.45) is 3.78. The largest absolute Gasteiger partial charge is 0.495 e. The summed E-state index contributed by atoms with van der Waals surface area (Å²) in [5.41, 5.74) is 0.317. The second-order valence-electron chi connectivity index (χ2n) is 8.36. The van der Waals surface area contributed by atoms with Crippen molar-refractivity contribution in [3.05, 3.63) is 60.9 Å². The molecule has 2 heterocycles. The summed E-state index contributed by atoms with van der Waals surface area (Å²) in [5, 5.41) is 7.10. The van der Waals surface area contributed by atoms with Crippen molar-refractivity contribution in [2.45, 2.75) is 38.9 Å². The molecule has 0 bridgehead atoms. The Hall–Kier alpha value is -2.43.